The maximum atomic E-state index is 5.56. The molecule has 0 amide bonds. The Hall–Kier alpha value is -2.16. The van der Waals surface area contributed by atoms with E-state index in [4.69, 9.17) is 9.47 Å². The average Bonchev–Trinajstić information content (AvgIpc) is 2.95. The van der Waals surface area contributed by atoms with Crippen LogP contribution in [0.5, 0.6) is 11.5 Å². The standard InChI is InChI=1S/C18H21NO2/c1-3-20-17-6-4-5-16(12-17)19-13(2)14-7-8-18-15(11-14)9-10-21-18/h4-8,11-13,19H,3,9-10H2,1-2H3. The Morgan fingerprint density at radius 1 is 1.24 bits per heavy atom. The van der Waals surface area contributed by atoms with Crippen LogP contribution in [0.2, 0.25) is 0 Å². The molecule has 0 bridgehead atoms. The van der Waals surface area contributed by atoms with Gasteiger partial charge in [0, 0.05) is 24.2 Å². The summed E-state index contributed by atoms with van der Waals surface area (Å²) in [6.07, 6.45) is 1.01. The average molecular weight is 283 g/mol. The lowest BCUT2D eigenvalue weighted by atomic mass is 10.0. The zero-order valence-corrected chi connectivity index (χ0v) is 12.6. The molecule has 0 fully saturated rings. The SMILES string of the molecule is CCOc1cccc(NC(C)c2ccc3c(c2)CCO3)c1. The van der Waals surface area contributed by atoms with Gasteiger partial charge in [0.25, 0.3) is 0 Å². The minimum absolute atomic E-state index is 0.243. The van der Waals surface area contributed by atoms with Crippen molar-refractivity contribution < 1.29 is 9.47 Å². The molecule has 0 saturated heterocycles. The smallest absolute Gasteiger partial charge is 0.122 e. The molecule has 1 N–H and O–H groups in total. The van der Waals surface area contributed by atoms with E-state index in [1.165, 1.54) is 11.1 Å². The molecule has 3 rings (SSSR count). The van der Waals surface area contributed by atoms with Gasteiger partial charge in [-0.1, -0.05) is 12.1 Å². The Bertz CT molecular complexity index is 624. The van der Waals surface area contributed by atoms with Crippen LogP contribution in [0.25, 0.3) is 0 Å². The molecule has 1 heterocycles. The minimum atomic E-state index is 0.243. The summed E-state index contributed by atoms with van der Waals surface area (Å²) >= 11 is 0. The molecule has 1 aliphatic rings. The van der Waals surface area contributed by atoms with Gasteiger partial charge in [0.15, 0.2) is 0 Å². The van der Waals surface area contributed by atoms with Crippen LogP contribution in [0, 0.1) is 0 Å². The molecule has 0 aliphatic carbocycles. The monoisotopic (exact) mass is 283 g/mol. The highest BCUT2D eigenvalue weighted by Gasteiger charge is 2.14. The predicted octanol–water partition coefficient (Wildman–Crippen LogP) is 4.19. The summed E-state index contributed by atoms with van der Waals surface area (Å²) in [4.78, 5) is 0. The van der Waals surface area contributed by atoms with Crippen molar-refractivity contribution in [3.63, 3.8) is 0 Å². The van der Waals surface area contributed by atoms with Gasteiger partial charge >= 0.3 is 0 Å². The second kappa shape index (κ2) is 6.08. The van der Waals surface area contributed by atoms with Crippen LogP contribution < -0.4 is 14.8 Å². The minimum Gasteiger partial charge on any atom is -0.494 e. The van der Waals surface area contributed by atoms with Gasteiger partial charge in [0.2, 0.25) is 0 Å². The molecule has 21 heavy (non-hydrogen) atoms. The third-order valence-corrected chi connectivity index (χ3v) is 3.74. The first-order valence-electron chi connectivity index (χ1n) is 7.51. The van der Waals surface area contributed by atoms with Crippen molar-refractivity contribution >= 4 is 5.69 Å². The van der Waals surface area contributed by atoms with Crippen molar-refractivity contribution in [2.75, 3.05) is 18.5 Å². The second-order valence-electron chi connectivity index (χ2n) is 5.29. The number of hydrogen-bond donors (Lipinski definition) is 1. The third-order valence-electron chi connectivity index (χ3n) is 3.74. The van der Waals surface area contributed by atoms with Gasteiger partial charge in [0.1, 0.15) is 11.5 Å². The quantitative estimate of drug-likeness (QED) is 0.892. The second-order valence-corrected chi connectivity index (χ2v) is 5.29. The molecule has 2 aromatic rings. The largest absolute Gasteiger partial charge is 0.494 e. The molecule has 0 saturated carbocycles. The van der Waals surface area contributed by atoms with Crippen molar-refractivity contribution in [1.82, 2.24) is 0 Å². The van der Waals surface area contributed by atoms with Crippen molar-refractivity contribution in [3.05, 3.63) is 53.6 Å². The summed E-state index contributed by atoms with van der Waals surface area (Å²) in [5.74, 6) is 1.93. The van der Waals surface area contributed by atoms with Crippen molar-refractivity contribution in [1.29, 1.82) is 0 Å². The van der Waals surface area contributed by atoms with E-state index in [1.807, 2.05) is 25.1 Å². The summed E-state index contributed by atoms with van der Waals surface area (Å²) in [7, 11) is 0. The molecule has 110 valence electrons. The highest BCUT2D eigenvalue weighted by molar-refractivity contribution is 5.50. The Labute approximate surface area is 125 Å². The first kappa shape index (κ1) is 13.8. The number of anilines is 1. The van der Waals surface area contributed by atoms with E-state index < -0.39 is 0 Å². The van der Waals surface area contributed by atoms with Crippen molar-refractivity contribution in [2.24, 2.45) is 0 Å². The van der Waals surface area contributed by atoms with Gasteiger partial charge in [-0.05, 0) is 49.2 Å². The van der Waals surface area contributed by atoms with E-state index in [2.05, 4.69) is 36.5 Å². The number of fused-ring (bicyclic) bond motifs is 1. The maximum absolute atomic E-state index is 5.56. The number of benzene rings is 2. The Balaban J connectivity index is 1.73. The normalized spacial score (nSPS) is 14.2. The van der Waals surface area contributed by atoms with E-state index in [0.29, 0.717) is 6.61 Å². The van der Waals surface area contributed by atoms with Gasteiger partial charge in [-0.15, -0.1) is 0 Å². The molecule has 3 heteroatoms. The van der Waals surface area contributed by atoms with Crippen LogP contribution in [0.4, 0.5) is 5.69 Å². The van der Waals surface area contributed by atoms with Crippen LogP contribution in [0.1, 0.15) is 31.0 Å². The van der Waals surface area contributed by atoms with Gasteiger partial charge in [-0.2, -0.15) is 0 Å². The van der Waals surface area contributed by atoms with E-state index >= 15 is 0 Å². The Morgan fingerprint density at radius 2 is 2.14 bits per heavy atom. The molecule has 0 aromatic heterocycles. The van der Waals surface area contributed by atoms with Gasteiger partial charge in [0.05, 0.1) is 13.2 Å². The zero-order valence-electron chi connectivity index (χ0n) is 12.6. The van der Waals surface area contributed by atoms with E-state index in [1.54, 1.807) is 0 Å². The van der Waals surface area contributed by atoms with Crippen molar-refractivity contribution in [3.8, 4) is 11.5 Å². The molecule has 1 unspecified atom stereocenters. The van der Waals surface area contributed by atoms with Crippen molar-refractivity contribution in [2.45, 2.75) is 26.3 Å². The van der Waals surface area contributed by atoms with Crippen LogP contribution in [-0.4, -0.2) is 13.2 Å². The summed E-state index contributed by atoms with van der Waals surface area (Å²) < 4.78 is 11.1. The summed E-state index contributed by atoms with van der Waals surface area (Å²) in [6, 6.07) is 14.8. The maximum Gasteiger partial charge on any atom is 0.122 e. The van der Waals surface area contributed by atoms with Crippen LogP contribution >= 0.6 is 0 Å². The fourth-order valence-electron chi connectivity index (χ4n) is 2.65. The van der Waals surface area contributed by atoms with E-state index in [9.17, 15) is 0 Å². The molecule has 1 atom stereocenters. The molecular formula is C18H21NO2. The van der Waals surface area contributed by atoms with Crippen LogP contribution in [0.15, 0.2) is 42.5 Å². The summed E-state index contributed by atoms with van der Waals surface area (Å²) in [5, 5.41) is 3.53. The Kier molecular flexibility index (Phi) is 4.00. The molecule has 0 spiro atoms. The summed E-state index contributed by atoms with van der Waals surface area (Å²) in [6.45, 7) is 5.65. The molecule has 0 radical (unpaired) electrons. The predicted molar refractivity (Wildman–Crippen MR) is 85.3 cm³/mol. The Morgan fingerprint density at radius 3 is 3.00 bits per heavy atom. The van der Waals surface area contributed by atoms with E-state index in [-0.39, 0.29) is 6.04 Å². The topological polar surface area (TPSA) is 30.5 Å². The van der Waals surface area contributed by atoms with Crippen LogP contribution in [-0.2, 0) is 6.42 Å². The van der Waals surface area contributed by atoms with Crippen LogP contribution in [0.3, 0.4) is 0 Å². The van der Waals surface area contributed by atoms with Gasteiger partial charge in [-0.25, -0.2) is 0 Å². The zero-order chi connectivity index (χ0) is 14.7. The van der Waals surface area contributed by atoms with Gasteiger partial charge in [-0.3, -0.25) is 0 Å². The number of ether oxygens (including phenoxy) is 2. The lowest BCUT2D eigenvalue weighted by Gasteiger charge is -2.17. The highest BCUT2D eigenvalue weighted by Crippen LogP contribution is 2.29. The first-order chi connectivity index (χ1) is 10.3. The lowest BCUT2D eigenvalue weighted by molar-refractivity contribution is 0.340. The highest BCUT2D eigenvalue weighted by atomic mass is 16.5. The lowest BCUT2D eigenvalue weighted by Crippen LogP contribution is -2.07. The molecule has 1 aliphatic heterocycles. The van der Waals surface area contributed by atoms with E-state index in [0.717, 1.165) is 30.2 Å². The first-order valence-corrected chi connectivity index (χ1v) is 7.51. The third kappa shape index (κ3) is 3.13. The molecular weight excluding hydrogens is 262 g/mol. The summed E-state index contributed by atoms with van der Waals surface area (Å²) in [5.41, 5.74) is 3.66. The fourth-order valence-corrected chi connectivity index (χ4v) is 2.65. The molecule has 2 aromatic carbocycles. The number of hydrogen-bond acceptors (Lipinski definition) is 3. The number of nitrogens with one attached hydrogen (secondary N) is 1. The number of rotatable bonds is 5. The fraction of sp³-hybridized carbons (Fsp3) is 0.333. The molecule has 3 nitrogen and oxygen atoms in total. The van der Waals surface area contributed by atoms with Gasteiger partial charge < -0.3 is 14.8 Å².